The highest BCUT2D eigenvalue weighted by Gasteiger charge is 2.33. The van der Waals surface area contributed by atoms with Gasteiger partial charge < -0.3 is 15.2 Å². The number of carboxylic acid groups (broad SMARTS) is 1. The number of aliphatic carboxylic acids is 1. The Kier molecular flexibility index (Phi) is 7.87. The number of hydrogen-bond acceptors (Lipinski definition) is 5. The van der Waals surface area contributed by atoms with Gasteiger partial charge in [0.15, 0.2) is 0 Å². The number of ether oxygens (including phenoxy) is 1. The maximum Gasteiger partial charge on any atom is 0.408 e. The molecule has 2 N–H and O–H groups in total. The lowest BCUT2D eigenvalue weighted by Gasteiger charge is -2.32. The molecule has 1 heterocycles. The van der Waals surface area contributed by atoms with Crippen LogP contribution < -0.4 is 5.32 Å². The van der Waals surface area contributed by atoms with Gasteiger partial charge in [0.2, 0.25) is 10.0 Å². The van der Waals surface area contributed by atoms with E-state index in [2.05, 4.69) is 5.32 Å². The SMILES string of the molecule is Cc1cc(C)c(S(=O)(=O)N2CCC(OC(=O)NC(CC(C)C)C(=O)O)CC2)c(C)c1. The number of rotatable bonds is 7. The summed E-state index contributed by atoms with van der Waals surface area (Å²) in [5, 5.41) is 11.6. The molecule has 0 bridgehead atoms. The van der Waals surface area contributed by atoms with E-state index in [1.54, 1.807) is 13.8 Å². The van der Waals surface area contributed by atoms with E-state index in [0.29, 0.717) is 24.2 Å². The number of nitrogens with zero attached hydrogens (tertiary/aromatic N) is 1. The molecule has 2 rings (SSSR count). The van der Waals surface area contributed by atoms with Crippen LogP contribution in [0.25, 0.3) is 0 Å². The minimum absolute atomic E-state index is 0.105. The summed E-state index contributed by atoms with van der Waals surface area (Å²) in [7, 11) is -3.64. The van der Waals surface area contributed by atoms with Gasteiger partial charge in [-0.25, -0.2) is 18.0 Å². The van der Waals surface area contributed by atoms with Gasteiger partial charge in [-0.3, -0.25) is 0 Å². The van der Waals surface area contributed by atoms with Crippen LogP contribution in [-0.2, 0) is 19.6 Å². The Balaban J connectivity index is 1.98. The van der Waals surface area contributed by atoms with Gasteiger partial charge in [0, 0.05) is 13.1 Å². The largest absolute Gasteiger partial charge is 0.480 e. The van der Waals surface area contributed by atoms with E-state index < -0.39 is 34.2 Å². The van der Waals surface area contributed by atoms with Crippen LogP contribution in [0.3, 0.4) is 0 Å². The molecule has 1 unspecified atom stereocenters. The molecule has 1 aliphatic rings. The number of amides is 1. The van der Waals surface area contributed by atoms with E-state index in [-0.39, 0.29) is 19.0 Å². The number of benzene rings is 1. The molecule has 9 heteroatoms. The van der Waals surface area contributed by atoms with Crippen LogP contribution in [0.2, 0.25) is 0 Å². The topological polar surface area (TPSA) is 113 Å². The van der Waals surface area contributed by atoms with Crippen molar-refractivity contribution in [2.75, 3.05) is 13.1 Å². The van der Waals surface area contributed by atoms with Crippen LogP contribution in [0, 0.1) is 26.7 Å². The molecule has 1 fully saturated rings. The standard InChI is InChI=1S/C21H32N2O6S/c1-13(2)10-18(20(24)25)22-21(26)29-17-6-8-23(9-7-17)30(27,28)19-15(4)11-14(3)12-16(19)5/h11-13,17-18H,6-10H2,1-5H3,(H,22,26)(H,24,25). The van der Waals surface area contributed by atoms with Gasteiger partial charge in [-0.15, -0.1) is 0 Å². The maximum atomic E-state index is 13.1. The Hall–Kier alpha value is -2.13. The second-order valence-corrected chi connectivity index (χ2v) is 10.3. The van der Waals surface area contributed by atoms with Crippen LogP contribution in [-0.4, -0.2) is 55.1 Å². The van der Waals surface area contributed by atoms with Crippen molar-refractivity contribution in [3.63, 3.8) is 0 Å². The number of aryl methyl sites for hydroxylation is 3. The molecule has 0 radical (unpaired) electrons. The third-order valence-corrected chi connectivity index (χ3v) is 7.38. The Morgan fingerprint density at radius 2 is 1.70 bits per heavy atom. The normalized spacial score (nSPS) is 17.0. The molecule has 0 spiro atoms. The molecular formula is C21H32N2O6S. The average molecular weight is 441 g/mol. The smallest absolute Gasteiger partial charge is 0.408 e. The van der Waals surface area contributed by atoms with Crippen molar-refractivity contribution < 1.29 is 27.9 Å². The van der Waals surface area contributed by atoms with E-state index >= 15 is 0 Å². The summed E-state index contributed by atoms with van der Waals surface area (Å²) in [4.78, 5) is 23.7. The summed E-state index contributed by atoms with van der Waals surface area (Å²) in [5.74, 6) is -1.00. The summed E-state index contributed by atoms with van der Waals surface area (Å²) < 4.78 is 33.0. The summed E-state index contributed by atoms with van der Waals surface area (Å²) in [6.07, 6.45) is -0.215. The molecule has 168 valence electrons. The van der Waals surface area contributed by atoms with E-state index in [9.17, 15) is 23.1 Å². The van der Waals surface area contributed by atoms with E-state index in [0.717, 1.165) is 16.7 Å². The fraction of sp³-hybridized carbons (Fsp3) is 0.619. The molecular weight excluding hydrogens is 408 g/mol. The van der Waals surface area contributed by atoms with Gasteiger partial charge in [0.25, 0.3) is 0 Å². The Labute approximate surface area is 178 Å². The van der Waals surface area contributed by atoms with E-state index in [1.807, 2.05) is 32.9 Å². The van der Waals surface area contributed by atoms with Crippen molar-refractivity contribution in [3.8, 4) is 0 Å². The van der Waals surface area contributed by atoms with Gasteiger partial charge in [-0.2, -0.15) is 4.31 Å². The molecule has 8 nitrogen and oxygen atoms in total. The summed E-state index contributed by atoms with van der Waals surface area (Å²) >= 11 is 0. The van der Waals surface area contributed by atoms with Crippen molar-refractivity contribution in [1.82, 2.24) is 9.62 Å². The van der Waals surface area contributed by atoms with Crippen molar-refractivity contribution in [3.05, 3.63) is 28.8 Å². The Morgan fingerprint density at radius 3 is 2.17 bits per heavy atom. The number of hydrogen-bond donors (Lipinski definition) is 2. The zero-order chi connectivity index (χ0) is 22.6. The van der Waals surface area contributed by atoms with Gasteiger partial charge in [0.05, 0.1) is 4.90 Å². The first-order valence-corrected chi connectivity index (χ1v) is 11.6. The van der Waals surface area contributed by atoms with Crippen LogP contribution in [0.15, 0.2) is 17.0 Å². The second-order valence-electron chi connectivity index (χ2n) is 8.40. The number of carbonyl (C=O) groups is 2. The number of carboxylic acids is 1. The number of piperidine rings is 1. The van der Waals surface area contributed by atoms with E-state index in [1.165, 1.54) is 4.31 Å². The molecule has 1 aliphatic heterocycles. The number of carbonyl (C=O) groups excluding carboxylic acids is 1. The highest BCUT2D eigenvalue weighted by atomic mass is 32.2. The zero-order valence-electron chi connectivity index (χ0n) is 18.3. The molecule has 0 aromatic heterocycles. The molecule has 0 aliphatic carbocycles. The number of nitrogens with one attached hydrogen (secondary N) is 1. The van der Waals surface area contributed by atoms with Crippen LogP contribution in [0.4, 0.5) is 4.79 Å². The Morgan fingerprint density at radius 1 is 1.17 bits per heavy atom. The zero-order valence-corrected chi connectivity index (χ0v) is 19.1. The lowest BCUT2D eigenvalue weighted by Crippen LogP contribution is -2.45. The minimum Gasteiger partial charge on any atom is -0.480 e. The number of sulfonamides is 1. The van der Waals surface area contributed by atoms with Crippen molar-refractivity contribution in [2.24, 2.45) is 5.92 Å². The molecule has 0 saturated carbocycles. The molecule has 1 atom stereocenters. The maximum absolute atomic E-state index is 13.1. The van der Waals surface area contributed by atoms with Crippen molar-refractivity contribution in [2.45, 2.75) is 70.9 Å². The van der Waals surface area contributed by atoms with Crippen LogP contribution in [0.5, 0.6) is 0 Å². The fourth-order valence-corrected chi connectivity index (χ4v) is 5.79. The Bertz CT molecular complexity index is 866. The lowest BCUT2D eigenvalue weighted by molar-refractivity contribution is -0.139. The highest BCUT2D eigenvalue weighted by molar-refractivity contribution is 7.89. The first kappa shape index (κ1) is 24.1. The monoisotopic (exact) mass is 440 g/mol. The van der Waals surface area contributed by atoms with Crippen molar-refractivity contribution >= 4 is 22.1 Å². The first-order chi connectivity index (χ1) is 13.9. The van der Waals surface area contributed by atoms with Gasteiger partial charge in [-0.05, 0) is 57.1 Å². The lowest BCUT2D eigenvalue weighted by atomic mass is 10.0. The molecule has 1 aromatic rings. The predicted molar refractivity (Wildman–Crippen MR) is 113 cm³/mol. The van der Waals surface area contributed by atoms with Gasteiger partial charge in [0.1, 0.15) is 12.1 Å². The molecule has 1 saturated heterocycles. The predicted octanol–water partition coefficient (Wildman–Crippen LogP) is 2.99. The first-order valence-electron chi connectivity index (χ1n) is 10.2. The fourth-order valence-electron chi connectivity index (χ4n) is 3.91. The third kappa shape index (κ3) is 5.95. The summed E-state index contributed by atoms with van der Waals surface area (Å²) in [5.41, 5.74) is 2.45. The van der Waals surface area contributed by atoms with Crippen LogP contribution >= 0.6 is 0 Å². The summed E-state index contributed by atoms with van der Waals surface area (Å²) in [6.45, 7) is 9.74. The van der Waals surface area contributed by atoms with E-state index in [4.69, 9.17) is 4.74 Å². The number of alkyl carbamates (subject to hydrolysis) is 1. The van der Waals surface area contributed by atoms with Crippen LogP contribution in [0.1, 0.15) is 49.8 Å². The van der Waals surface area contributed by atoms with Gasteiger partial charge in [-0.1, -0.05) is 31.5 Å². The van der Waals surface area contributed by atoms with Crippen molar-refractivity contribution in [1.29, 1.82) is 0 Å². The molecule has 30 heavy (non-hydrogen) atoms. The molecule has 1 aromatic carbocycles. The third-order valence-electron chi connectivity index (χ3n) is 5.17. The average Bonchev–Trinajstić information content (AvgIpc) is 2.59. The summed E-state index contributed by atoms with van der Waals surface area (Å²) in [6, 6.07) is 2.71. The minimum atomic E-state index is -3.64. The molecule has 1 amide bonds. The second kappa shape index (κ2) is 9.78. The van der Waals surface area contributed by atoms with Gasteiger partial charge >= 0.3 is 12.1 Å². The highest BCUT2D eigenvalue weighted by Crippen LogP contribution is 2.28. The quantitative estimate of drug-likeness (QED) is 0.674.